The van der Waals surface area contributed by atoms with Crippen LogP contribution in [0.1, 0.15) is 103 Å². The highest BCUT2D eigenvalue weighted by molar-refractivity contribution is 6.07. The van der Waals surface area contributed by atoms with Crippen LogP contribution in [0.3, 0.4) is 0 Å². The van der Waals surface area contributed by atoms with E-state index in [0.29, 0.717) is 32.5 Å². The van der Waals surface area contributed by atoms with E-state index in [-0.39, 0.29) is 23.9 Å². The summed E-state index contributed by atoms with van der Waals surface area (Å²) in [7, 11) is 4.45. The number of aliphatic hydroxyl groups excluding tert-OH is 2. The van der Waals surface area contributed by atoms with Gasteiger partial charge in [0.25, 0.3) is 0 Å². The van der Waals surface area contributed by atoms with Crippen molar-refractivity contribution in [2.24, 2.45) is 11.5 Å². The zero-order valence-corrected chi connectivity index (χ0v) is 38.8. The predicted molar refractivity (Wildman–Crippen MR) is 246 cm³/mol. The van der Waals surface area contributed by atoms with Gasteiger partial charge in [0.15, 0.2) is 0 Å². The first kappa shape index (κ1) is 52.9. The van der Waals surface area contributed by atoms with Crippen molar-refractivity contribution >= 4 is 45.8 Å². The van der Waals surface area contributed by atoms with Crippen LogP contribution in [0.5, 0.6) is 5.75 Å². The molecule has 63 heavy (non-hydrogen) atoms. The molecule has 1 aliphatic rings. The second-order valence-electron chi connectivity index (χ2n) is 14.6. The summed E-state index contributed by atoms with van der Waals surface area (Å²) in [5.41, 5.74) is 16.9. The molecule has 3 heterocycles. The molecule has 0 fully saturated rings. The highest BCUT2D eigenvalue weighted by atomic mass is 16.5. The van der Waals surface area contributed by atoms with Crippen LogP contribution in [0.25, 0.3) is 44.2 Å². The number of imidazole rings is 2. The van der Waals surface area contributed by atoms with Gasteiger partial charge in [-0.15, -0.1) is 0 Å². The number of aromatic nitrogens is 4. The lowest BCUT2D eigenvalue weighted by Gasteiger charge is -2.27. The Morgan fingerprint density at radius 1 is 0.762 bits per heavy atom. The number of hydrogen-bond acceptors (Lipinski definition) is 11. The van der Waals surface area contributed by atoms with E-state index in [0.717, 1.165) is 113 Å². The normalized spacial score (nSPS) is 11.8. The van der Waals surface area contributed by atoms with E-state index >= 15 is 0 Å². The first-order valence-electron chi connectivity index (χ1n) is 21.1. The van der Waals surface area contributed by atoms with E-state index in [1.807, 2.05) is 30.6 Å². The molecule has 5 aromatic rings. The number of nitrogens with zero attached hydrogens (tertiary/aromatic N) is 4. The average Bonchev–Trinajstić information content (AvgIpc) is 3.90. The van der Waals surface area contributed by atoms with Crippen molar-refractivity contribution in [2.75, 3.05) is 28.4 Å². The van der Waals surface area contributed by atoms with Crippen molar-refractivity contribution in [1.82, 2.24) is 29.7 Å². The van der Waals surface area contributed by atoms with Crippen LogP contribution in [0.15, 0.2) is 42.5 Å². The number of aryl methyl sites for hydroxylation is 1. The Balaban J connectivity index is 0.000000859. The smallest absolute Gasteiger partial charge is 0.404 e. The van der Waals surface area contributed by atoms with Gasteiger partial charge in [-0.3, -0.25) is 9.59 Å². The topological polar surface area (TPSA) is 252 Å². The summed E-state index contributed by atoms with van der Waals surface area (Å²) in [6.45, 7) is 15.9. The van der Waals surface area contributed by atoms with Gasteiger partial charge in [-0.1, -0.05) is 45.9 Å². The molecule has 346 valence electrons. The Hall–Kier alpha value is -6.20. The second kappa shape index (κ2) is 26.3. The minimum atomic E-state index is -0.745. The monoisotopic (exact) mass is 877 g/mol. The third-order valence-electron chi connectivity index (χ3n) is 10.5. The number of nitrogens with two attached hydrogens (primary N) is 2. The lowest BCUT2D eigenvalue weighted by molar-refractivity contribution is -0.135. The molecule has 0 aliphatic carbocycles. The van der Waals surface area contributed by atoms with Crippen molar-refractivity contribution in [3.8, 4) is 28.1 Å². The number of ether oxygens (including phenoxy) is 3. The number of rotatable bonds is 13. The molecule has 0 unspecified atom stereocenters. The van der Waals surface area contributed by atoms with Crippen LogP contribution >= 0.6 is 0 Å². The molecule has 6 rings (SSSR count). The number of carbonyl (C=O) groups is 4. The number of H-pyrrole nitrogens is 2. The SMILES string of the molecule is CCCC(=O)N(Cc1nc(-c2ccc3c(c2)COc2cc4c(ccc5[nH]c(CN(C(=O)CCC)[C@@H](C)CC)nc54)cc2-3)c(C)[nH]1)[C@@H](C)CC.CO.CO.COC(N)=O.COC(N)=O. The summed E-state index contributed by atoms with van der Waals surface area (Å²) in [6, 6.07) is 15.3. The quantitative estimate of drug-likeness (QED) is 0.0677. The highest BCUT2D eigenvalue weighted by Crippen LogP contribution is 2.42. The maximum Gasteiger partial charge on any atom is 0.404 e. The fourth-order valence-corrected chi connectivity index (χ4v) is 6.90. The molecular formula is C46H68N8O9. The summed E-state index contributed by atoms with van der Waals surface area (Å²) >= 11 is 0. The van der Waals surface area contributed by atoms with Gasteiger partial charge in [-0.25, -0.2) is 19.6 Å². The van der Waals surface area contributed by atoms with E-state index < -0.39 is 12.2 Å². The third-order valence-corrected chi connectivity index (χ3v) is 10.5. The lowest BCUT2D eigenvalue weighted by atomic mass is 9.92. The molecule has 3 aromatic carbocycles. The van der Waals surface area contributed by atoms with Gasteiger partial charge in [0.05, 0.1) is 44.0 Å². The Morgan fingerprint density at radius 2 is 1.29 bits per heavy atom. The number of aromatic amines is 2. The van der Waals surface area contributed by atoms with Crippen LogP contribution < -0.4 is 16.2 Å². The highest BCUT2D eigenvalue weighted by Gasteiger charge is 2.24. The molecule has 0 bridgehead atoms. The standard InChI is InChI=1S/C40H50N6O3.2C2H5NO2.2CH4O/c1-8-12-37(47)45(24(5)10-3)21-35-41-26(7)39(43-35)28-14-16-30-29(18-28)23-49-34-20-31-27(19-32(30)34)15-17-33-40(31)44-36(42-33)22-46(25(6)11-4)38(48)13-9-2;2*1-5-2(3)4;2*1-2/h14-20,24-25H,8-13,21-23H2,1-7H3,(H,41,43)(H,42,44);2*1H3,(H2,3,4);2*2H,1H3/t24-,25-;;;;/m0..../s1. The summed E-state index contributed by atoms with van der Waals surface area (Å²) in [5, 5.41) is 16.1. The Morgan fingerprint density at radius 3 is 1.78 bits per heavy atom. The van der Waals surface area contributed by atoms with E-state index in [9.17, 15) is 19.2 Å². The third kappa shape index (κ3) is 14.2. The maximum absolute atomic E-state index is 12.9. The Bertz CT molecular complexity index is 2240. The van der Waals surface area contributed by atoms with Crippen LogP contribution in [0.2, 0.25) is 0 Å². The number of primary amides is 2. The van der Waals surface area contributed by atoms with Gasteiger partial charge >= 0.3 is 12.2 Å². The van der Waals surface area contributed by atoms with Gasteiger partial charge in [0.1, 0.15) is 24.0 Å². The van der Waals surface area contributed by atoms with E-state index in [1.165, 1.54) is 14.2 Å². The van der Waals surface area contributed by atoms with Crippen molar-refractivity contribution in [3.63, 3.8) is 0 Å². The van der Waals surface area contributed by atoms with Gasteiger partial charge in [0, 0.05) is 61.4 Å². The molecule has 0 saturated carbocycles. The molecule has 1 aliphatic heterocycles. The van der Waals surface area contributed by atoms with Gasteiger partial charge in [-0.05, 0) is 87.2 Å². The molecule has 8 N–H and O–H groups in total. The minimum absolute atomic E-state index is 0.144. The first-order chi connectivity index (χ1) is 30.2. The fraction of sp³-hybridized carbons (Fsp3) is 0.478. The molecule has 2 aromatic heterocycles. The summed E-state index contributed by atoms with van der Waals surface area (Å²) in [4.78, 5) is 65.3. The maximum atomic E-state index is 12.9. The van der Waals surface area contributed by atoms with E-state index in [2.05, 4.69) is 101 Å². The number of amides is 4. The molecule has 2 atom stereocenters. The van der Waals surface area contributed by atoms with E-state index in [4.69, 9.17) is 24.9 Å². The number of benzene rings is 3. The van der Waals surface area contributed by atoms with Crippen LogP contribution in [0, 0.1) is 6.92 Å². The zero-order chi connectivity index (χ0) is 47.4. The molecular weight excluding hydrogens is 809 g/mol. The minimum Gasteiger partial charge on any atom is -0.488 e. The molecule has 17 nitrogen and oxygen atoms in total. The molecule has 0 radical (unpaired) electrons. The van der Waals surface area contributed by atoms with Crippen LogP contribution in [-0.4, -0.2) is 104 Å². The second-order valence-corrected chi connectivity index (χ2v) is 14.6. The number of carbonyl (C=O) groups excluding carboxylic acids is 4. The average molecular weight is 877 g/mol. The van der Waals surface area contributed by atoms with Gasteiger partial charge in [-0.2, -0.15) is 0 Å². The van der Waals surface area contributed by atoms with Crippen molar-refractivity contribution in [1.29, 1.82) is 0 Å². The number of fused-ring (bicyclic) bond motifs is 6. The number of hydrogen-bond donors (Lipinski definition) is 6. The van der Waals surface area contributed by atoms with Gasteiger partial charge in [0.2, 0.25) is 11.8 Å². The lowest BCUT2D eigenvalue weighted by Crippen LogP contribution is -2.37. The molecule has 0 saturated heterocycles. The molecule has 4 amide bonds. The number of methoxy groups -OCH3 is 2. The largest absolute Gasteiger partial charge is 0.488 e. The zero-order valence-electron chi connectivity index (χ0n) is 38.8. The Kier molecular flexibility index (Phi) is 22.1. The van der Waals surface area contributed by atoms with Crippen molar-refractivity contribution < 1.29 is 43.6 Å². The fourth-order valence-electron chi connectivity index (χ4n) is 6.90. The van der Waals surface area contributed by atoms with Crippen molar-refractivity contribution in [3.05, 3.63) is 65.4 Å². The molecule has 0 spiro atoms. The number of aliphatic hydroxyl groups is 2. The van der Waals surface area contributed by atoms with Crippen LogP contribution in [-0.2, 0) is 38.8 Å². The summed E-state index contributed by atoms with van der Waals surface area (Å²) in [6.07, 6.45) is 3.05. The number of nitrogens with one attached hydrogen (secondary N) is 2. The van der Waals surface area contributed by atoms with Crippen LogP contribution in [0.4, 0.5) is 9.59 Å². The van der Waals surface area contributed by atoms with E-state index in [1.54, 1.807) is 0 Å². The predicted octanol–water partition coefficient (Wildman–Crippen LogP) is 7.47. The van der Waals surface area contributed by atoms with Crippen molar-refractivity contribution in [2.45, 2.75) is 119 Å². The first-order valence-corrected chi connectivity index (χ1v) is 21.1. The molecule has 17 heteroatoms. The van der Waals surface area contributed by atoms with Gasteiger partial charge < -0.3 is 55.7 Å². The summed E-state index contributed by atoms with van der Waals surface area (Å²) < 4.78 is 14.2. The summed E-state index contributed by atoms with van der Waals surface area (Å²) in [5.74, 6) is 2.77. The Labute approximate surface area is 370 Å².